The second-order valence-corrected chi connectivity index (χ2v) is 8.76. The average molecular weight is 436 g/mol. The molecular weight excluding hydrogens is 402 g/mol. The molecule has 2 N–H and O–H groups in total. The third-order valence-electron chi connectivity index (χ3n) is 5.73. The molecule has 7 nitrogen and oxygen atoms in total. The van der Waals surface area contributed by atoms with E-state index in [2.05, 4.69) is 29.4 Å². The first kappa shape index (κ1) is 22.5. The van der Waals surface area contributed by atoms with Gasteiger partial charge < -0.3 is 29.7 Å². The number of ether oxygens (including phenoxy) is 3. The maximum Gasteiger partial charge on any atom is 0.225 e. The minimum atomic E-state index is -0.210. The van der Waals surface area contributed by atoms with Gasteiger partial charge in [-0.15, -0.1) is 0 Å². The maximum absolute atomic E-state index is 13.1. The van der Waals surface area contributed by atoms with Gasteiger partial charge >= 0.3 is 0 Å². The van der Waals surface area contributed by atoms with Crippen LogP contribution in [-0.4, -0.2) is 62.9 Å². The summed E-state index contributed by atoms with van der Waals surface area (Å²) < 4.78 is 16.5. The van der Waals surface area contributed by atoms with E-state index in [1.807, 2.05) is 12.1 Å². The average Bonchev–Trinajstić information content (AvgIpc) is 3.45. The van der Waals surface area contributed by atoms with Crippen LogP contribution in [0.5, 0.6) is 17.2 Å². The van der Waals surface area contributed by atoms with Gasteiger partial charge in [-0.3, -0.25) is 4.79 Å². The van der Waals surface area contributed by atoms with E-state index in [0.29, 0.717) is 41.4 Å². The van der Waals surface area contributed by atoms with Gasteiger partial charge in [-0.2, -0.15) is 0 Å². The highest BCUT2D eigenvalue weighted by Gasteiger charge is 2.40. The van der Waals surface area contributed by atoms with Crippen molar-refractivity contribution in [3.8, 4) is 17.2 Å². The number of methoxy groups -OCH3 is 3. The molecule has 2 fully saturated rings. The number of carbonyl (C=O) groups is 1. The Morgan fingerprint density at radius 2 is 1.77 bits per heavy atom. The second-order valence-electron chi connectivity index (χ2n) is 8.37. The predicted octanol–water partition coefficient (Wildman–Crippen LogP) is 2.54. The van der Waals surface area contributed by atoms with Crippen LogP contribution in [0.15, 0.2) is 12.1 Å². The Labute approximate surface area is 184 Å². The molecule has 166 valence electrons. The van der Waals surface area contributed by atoms with Gasteiger partial charge in [0.1, 0.15) is 0 Å². The number of thiocarbonyl (C=S) groups is 1. The molecule has 2 atom stereocenters. The minimum Gasteiger partial charge on any atom is -0.493 e. The highest BCUT2D eigenvalue weighted by molar-refractivity contribution is 7.80. The van der Waals surface area contributed by atoms with E-state index < -0.39 is 0 Å². The molecule has 1 aliphatic carbocycles. The molecule has 1 saturated heterocycles. The van der Waals surface area contributed by atoms with Crippen LogP contribution in [0.2, 0.25) is 0 Å². The largest absolute Gasteiger partial charge is 0.493 e. The normalized spacial score (nSPS) is 20.8. The van der Waals surface area contributed by atoms with Crippen molar-refractivity contribution >= 4 is 23.2 Å². The lowest BCUT2D eigenvalue weighted by molar-refractivity contribution is -0.125. The summed E-state index contributed by atoms with van der Waals surface area (Å²) in [7, 11) is 4.79. The minimum absolute atomic E-state index is 0.0372. The first-order chi connectivity index (χ1) is 14.4. The number of benzene rings is 1. The van der Waals surface area contributed by atoms with Crippen LogP contribution in [0, 0.1) is 11.8 Å². The third kappa shape index (κ3) is 5.09. The fourth-order valence-corrected chi connectivity index (χ4v) is 4.31. The lowest BCUT2D eigenvalue weighted by Gasteiger charge is -2.22. The summed E-state index contributed by atoms with van der Waals surface area (Å²) in [6.07, 6.45) is 2.41. The molecule has 0 bridgehead atoms. The van der Waals surface area contributed by atoms with Crippen molar-refractivity contribution in [3.05, 3.63) is 17.7 Å². The number of nitrogens with zero attached hydrogens (tertiary/aromatic N) is 1. The fraction of sp³-hybridized carbons (Fsp3) is 0.636. The Kier molecular flexibility index (Phi) is 7.28. The van der Waals surface area contributed by atoms with E-state index in [0.717, 1.165) is 12.1 Å². The van der Waals surface area contributed by atoms with Crippen molar-refractivity contribution in [1.82, 2.24) is 15.5 Å². The predicted molar refractivity (Wildman–Crippen MR) is 121 cm³/mol. The van der Waals surface area contributed by atoms with Gasteiger partial charge in [-0.1, -0.05) is 0 Å². The summed E-state index contributed by atoms with van der Waals surface area (Å²) in [5.41, 5.74) is 0.978. The van der Waals surface area contributed by atoms with Gasteiger partial charge in [0, 0.05) is 31.6 Å². The van der Waals surface area contributed by atoms with Crippen LogP contribution in [0.3, 0.4) is 0 Å². The van der Waals surface area contributed by atoms with Gasteiger partial charge in [-0.05, 0) is 62.5 Å². The lowest BCUT2D eigenvalue weighted by Crippen LogP contribution is -2.42. The summed E-state index contributed by atoms with van der Waals surface area (Å²) >= 11 is 5.60. The van der Waals surface area contributed by atoms with Crippen molar-refractivity contribution in [1.29, 1.82) is 0 Å². The zero-order chi connectivity index (χ0) is 21.8. The topological polar surface area (TPSA) is 72.1 Å². The maximum atomic E-state index is 13.1. The number of nitrogens with one attached hydrogen (secondary N) is 2. The Morgan fingerprint density at radius 3 is 2.27 bits per heavy atom. The van der Waals surface area contributed by atoms with Gasteiger partial charge in [-0.25, -0.2) is 0 Å². The van der Waals surface area contributed by atoms with E-state index in [4.69, 9.17) is 26.4 Å². The van der Waals surface area contributed by atoms with Crippen LogP contribution in [0.25, 0.3) is 0 Å². The molecule has 0 spiro atoms. The number of likely N-dealkylation sites (tertiary alicyclic amines) is 1. The van der Waals surface area contributed by atoms with Crippen LogP contribution < -0.4 is 24.8 Å². The van der Waals surface area contributed by atoms with Crippen LogP contribution in [0.4, 0.5) is 0 Å². The fourth-order valence-electron chi connectivity index (χ4n) is 3.92. The van der Waals surface area contributed by atoms with Crippen LogP contribution in [-0.2, 0) is 4.79 Å². The molecule has 1 aliphatic heterocycles. The summed E-state index contributed by atoms with van der Waals surface area (Å²) in [5, 5.41) is 7.13. The van der Waals surface area contributed by atoms with E-state index in [1.165, 1.54) is 12.8 Å². The third-order valence-corrected chi connectivity index (χ3v) is 6.11. The molecule has 0 aromatic heterocycles. The van der Waals surface area contributed by atoms with E-state index in [-0.39, 0.29) is 23.8 Å². The van der Waals surface area contributed by atoms with E-state index in [1.54, 1.807) is 21.3 Å². The summed E-state index contributed by atoms with van der Waals surface area (Å²) in [4.78, 5) is 15.2. The van der Waals surface area contributed by atoms with Crippen molar-refractivity contribution in [2.24, 2.45) is 11.8 Å². The van der Waals surface area contributed by atoms with Gasteiger partial charge in [0.15, 0.2) is 16.6 Å². The first-order valence-electron chi connectivity index (χ1n) is 10.5. The summed E-state index contributed by atoms with van der Waals surface area (Å²) in [6, 6.07) is 4.12. The van der Waals surface area contributed by atoms with Gasteiger partial charge in [0.2, 0.25) is 11.7 Å². The standard InChI is InChI=1S/C22H33N3O4S/c1-13(2)24-22(30)25-11-16(17(12-25)21(26)23-10-14-6-7-14)15-8-18(27-3)20(29-5)19(9-15)28-4/h8-9,13-14,16-17H,6-7,10-12H2,1-5H3,(H,23,26)(H,24,30). The molecule has 8 heteroatoms. The molecule has 3 rings (SSSR count). The molecule has 2 aliphatic rings. The Bertz CT molecular complexity index is 757. The zero-order valence-electron chi connectivity index (χ0n) is 18.5. The Hall–Kier alpha value is -2.22. The van der Waals surface area contributed by atoms with Crippen molar-refractivity contribution in [2.75, 3.05) is 41.0 Å². The molecule has 1 heterocycles. The quantitative estimate of drug-likeness (QED) is 0.608. The Balaban J connectivity index is 1.89. The molecular formula is C22H33N3O4S. The number of hydrogen-bond acceptors (Lipinski definition) is 5. The molecule has 1 saturated carbocycles. The smallest absolute Gasteiger partial charge is 0.225 e. The zero-order valence-corrected chi connectivity index (χ0v) is 19.3. The number of carbonyl (C=O) groups excluding carboxylic acids is 1. The molecule has 30 heavy (non-hydrogen) atoms. The highest BCUT2D eigenvalue weighted by Crippen LogP contribution is 2.43. The lowest BCUT2D eigenvalue weighted by atomic mass is 9.88. The van der Waals surface area contributed by atoms with E-state index >= 15 is 0 Å². The Morgan fingerprint density at radius 1 is 1.13 bits per heavy atom. The number of amides is 1. The molecule has 2 unspecified atom stereocenters. The van der Waals surface area contributed by atoms with E-state index in [9.17, 15) is 4.79 Å². The monoisotopic (exact) mass is 435 g/mol. The molecule has 1 amide bonds. The van der Waals surface area contributed by atoms with Crippen LogP contribution >= 0.6 is 12.2 Å². The second kappa shape index (κ2) is 9.73. The summed E-state index contributed by atoms with van der Waals surface area (Å²) in [6.45, 7) is 6.10. The highest BCUT2D eigenvalue weighted by atomic mass is 32.1. The van der Waals surface area contributed by atoms with Crippen molar-refractivity contribution < 1.29 is 19.0 Å². The number of hydrogen-bond donors (Lipinski definition) is 2. The van der Waals surface area contributed by atoms with Crippen molar-refractivity contribution in [3.63, 3.8) is 0 Å². The first-order valence-corrected chi connectivity index (χ1v) is 10.9. The molecule has 0 radical (unpaired) electrons. The van der Waals surface area contributed by atoms with Gasteiger partial charge in [0.25, 0.3) is 0 Å². The summed E-state index contributed by atoms with van der Waals surface area (Å²) in [5.74, 6) is 2.19. The SMILES string of the molecule is COc1cc(C2CN(C(=S)NC(C)C)CC2C(=O)NCC2CC2)cc(OC)c1OC. The molecule has 1 aromatic carbocycles. The number of rotatable bonds is 8. The van der Waals surface area contributed by atoms with Crippen LogP contribution in [0.1, 0.15) is 38.2 Å². The van der Waals surface area contributed by atoms with Gasteiger partial charge in [0.05, 0.1) is 27.2 Å². The van der Waals surface area contributed by atoms with Crippen molar-refractivity contribution in [2.45, 2.75) is 38.6 Å². The molecule has 1 aromatic rings.